The quantitative estimate of drug-likeness (QED) is 0.339. The van der Waals surface area contributed by atoms with Crippen molar-refractivity contribution in [3.63, 3.8) is 0 Å². The summed E-state index contributed by atoms with van der Waals surface area (Å²) in [5, 5.41) is 13.3. The molecule has 1 unspecified atom stereocenters. The lowest BCUT2D eigenvalue weighted by molar-refractivity contribution is 0.121. The fourth-order valence-electron chi connectivity index (χ4n) is 4.41. The molecule has 0 aliphatic heterocycles. The van der Waals surface area contributed by atoms with E-state index in [1.807, 2.05) is 24.3 Å². The number of nitrogens with zero attached hydrogens (tertiary/aromatic N) is 5. The summed E-state index contributed by atoms with van der Waals surface area (Å²) in [7, 11) is 3.24. The van der Waals surface area contributed by atoms with Crippen LogP contribution in [0.3, 0.4) is 0 Å². The normalized spacial score (nSPS) is 12.5. The molecular formula is C26H31FN6O3. The van der Waals surface area contributed by atoms with E-state index in [-0.39, 0.29) is 23.3 Å². The highest BCUT2D eigenvalue weighted by Gasteiger charge is 2.30. The molecule has 10 heteroatoms. The van der Waals surface area contributed by atoms with Crippen LogP contribution in [-0.2, 0) is 24.4 Å². The lowest BCUT2D eigenvalue weighted by atomic mass is 9.99. The summed E-state index contributed by atoms with van der Waals surface area (Å²) in [5.41, 5.74) is 2.08. The summed E-state index contributed by atoms with van der Waals surface area (Å²) in [4.78, 5) is 18.2. The Balaban J connectivity index is 1.76. The number of aromatic amines is 1. The number of H-pyrrole nitrogens is 1. The molecule has 9 nitrogen and oxygen atoms in total. The minimum absolute atomic E-state index is 0.109. The lowest BCUT2D eigenvalue weighted by Gasteiger charge is -2.33. The predicted octanol–water partition coefficient (Wildman–Crippen LogP) is 3.71. The molecule has 0 radical (unpaired) electrons. The Morgan fingerprint density at radius 2 is 1.86 bits per heavy atom. The van der Waals surface area contributed by atoms with Gasteiger partial charge in [0, 0.05) is 36.7 Å². The Kier molecular flexibility index (Phi) is 8.07. The van der Waals surface area contributed by atoms with E-state index in [0.717, 1.165) is 16.5 Å². The summed E-state index contributed by atoms with van der Waals surface area (Å²) in [6.07, 6.45) is 0. The van der Waals surface area contributed by atoms with E-state index in [1.165, 1.54) is 12.1 Å². The molecule has 2 aromatic carbocycles. The number of methoxy groups -OCH3 is 2. The highest BCUT2D eigenvalue weighted by Crippen LogP contribution is 2.30. The number of rotatable bonds is 11. The van der Waals surface area contributed by atoms with Gasteiger partial charge in [-0.15, -0.1) is 5.10 Å². The maximum atomic E-state index is 13.6. The number of halogens is 1. The van der Waals surface area contributed by atoms with Crippen LogP contribution < -0.4 is 10.3 Å². The third kappa shape index (κ3) is 5.77. The van der Waals surface area contributed by atoms with Gasteiger partial charge in [0.1, 0.15) is 11.6 Å². The van der Waals surface area contributed by atoms with Crippen molar-refractivity contribution in [1.82, 2.24) is 30.1 Å². The van der Waals surface area contributed by atoms with Gasteiger partial charge < -0.3 is 14.5 Å². The maximum absolute atomic E-state index is 13.6. The average Bonchev–Trinajstić information content (AvgIpc) is 3.32. The first kappa shape index (κ1) is 25.5. The minimum atomic E-state index is -0.297. The molecule has 0 amide bonds. The summed E-state index contributed by atoms with van der Waals surface area (Å²) in [6.45, 7) is 5.95. The van der Waals surface area contributed by atoms with Crippen molar-refractivity contribution in [2.75, 3.05) is 20.8 Å². The zero-order valence-electron chi connectivity index (χ0n) is 20.9. The van der Waals surface area contributed by atoms with Gasteiger partial charge in [-0.3, -0.25) is 9.69 Å². The van der Waals surface area contributed by atoms with Gasteiger partial charge in [-0.1, -0.05) is 26.0 Å². The number of ether oxygens (including phenoxy) is 2. The molecule has 0 bridgehead atoms. The van der Waals surface area contributed by atoms with Gasteiger partial charge in [0.25, 0.3) is 5.56 Å². The highest BCUT2D eigenvalue weighted by molar-refractivity contribution is 5.80. The molecule has 1 N–H and O–H groups in total. The monoisotopic (exact) mass is 494 g/mol. The number of hydrogen-bond acceptors (Lipinski definition) is 7. The van der Waals surface area contributed by atoms with Crippen molar-refractivity contribution >= 4 is 10.9 Å². The number of hydrogen-bond donors (Lipinski definition) is 1. The van der Waals surface area contributed by atoms with Crippen molar-refractivity contribution in [1.29, 1.82) is 0 Å². The summed E-state index contributed by atoms with van der Waals surface area (Å²) < 4.78 is 25.9. The van der Waals surface area contributed by atoms with E-state index in [9.17, 15) is 9.18 Å². The van der Waals surface area contributed by atoms with Crippen LogP contribution in [0.15, 0.2) is 53.3 Å². The summed E-state index contributed by atoms with van der Waals surface area (Å²) >= 11 is 0. The first-order valence-electron chi connectivity index (χ1n) is 11.8. The van der Waals surface area contributed by atoms with E-state index in [1.54, 1.807) is 31.0 Å². The van der Waals surface area contributed by atoms with Crippen LogP contribution >= 0.6 is 0 Å². The second-order valence-electron chi connectivity index (χ2n) is 9.05. The van der Waals surface area contributed by atoms with Gasteiger partial charge in [0.15, 0.2) is 5.82 Å². The fraction of sp³-hybridized carbons (Fsp3) is 0.385. The molecular weight excluding hydrogens is 463 g/mol. The lowest BCUT2D eigenvalue weighted by Crippen LogP contribution is -2.35. The molecule has 36 heavy (non-hydrogen) atoms. The van der Waals surface area contributed by atoms with Crippen LogP contribution in [0.2, 0.25) is 0 Å². The van der Waals surface area contributed by atoms with Crippen molar-refractivity contribution in [3.05, 3.63) is 81.7 Å². The topological polar surface area (TPSA) is 98.2 Å². The molecule has 0 aliphatic rings. The third-order valence-electron chi connectivity index (χ3n) is 6.16. The van der Waals surface area contributed by atoms with Gasteiger partial charge in [-0.2, -0.15) is 0 Å². The third-order valence-corrected chi connectivity index (χ3v) is 6.16. The first-order valence-corrected chi connectivity index (χ1v) is 11.8. The molecule has 2 aromatic heterocycles. The second kappa shape index (κ2) is 11.4. The smallest absolute Gasteiger partial charge is 0.252 e. The van der Waals surface area contributed by atoms with Crippen molar-refractivity contribution in [2.45, 2.75) is 39.5 Å². The predicted molar refractivity (Wildman–Crippen MR) is 134 cm³/mol. The van der Waals surface area contributed by atoms with E-state index in [0.29, 0.717) is 43.4 Å². The molecule has 0 fully saturated rings. The molecule has 4 aromatic rings. The van der Waals surface area contributed by atoms with E-state index in [2.05, 4.69) is 39.3 Å². The molecule has 2 heterocycles. The summed E-state index contributed by atoms with van der Waals surface area (Å²) in [5.74, 6) is 1.20. The fourth-order valence-corrected chi connectivity index (χ4v) is 4.41. The van der Waals surface area contributed by atoms with Crippen LogP contribution in [0.5, 0.6) is 5.75 Å². The van der Waals surface area contributed by atoms with Crippen LogP contribution in [-0.4, -0.2) is 50.9 Å². The Morgan fingerprint density at radius 3 is 2.56 bits per heavy atom. The standard InChI is InChI=1S/C26H31FN6O3/c1-17(2)24(25-29-30-31-33(25)11-12-35-3)32(15-18-5-7-21(27)8-6-18)16-20-13-19-14-22(36-4)9-10-23(19)28-26(20)34/h5-10,13-14,17,24H,11-12,15-16H2,1-4H3,(H,28,34). The van der Waals surface area contributed by atoms with Crippen LogP contribution in [0.1, 0.15) is 36.8 Å². The van der Waals surface area contributed by atoms with Gasteiger partial charge >= 0.3 is 0 Å². The Bertz CT molecular complexity index is 1350. The Labute approximate surface area is 208 Å². The molecule has 190 valence electrons. The van der Waals surface area contributed by atoms with E-state index in [4.69, 9.17) is 9.47 Å². The maximum Gasteiger partial charge on any atom is 0.252 e. The van der Waals surface area contributed by atoms with Gasteiger partial charge in [0.05, 0.1) is 26.3 Å². The molecule has 0 saturated carbocycles. The van der Waals surface area contributed by atoms with Crippen molar-refractivity contribution in [2.24, 2.45) is 5.92 Å². The van der Waals surface area contributed by atoms with E-state index >= 15 is 0 Å². The number of nitrogens with one attached hydrogen (secondary N) is 1. The van der Waals surface area contributed by atoms with Gasteiger partial charge in [-0.05, 0) is 58.3 Å². The second-order valence-corrected chi connectivity index (χ2v) is 9.05. The minimum Gasteiger partial charge on any atom is -0.497 e. The van der Waals surface area contributed by atoms with E-state index < -0.39 is 0 Å². The molecule has 0 spiro atoms. The van der Waals surface area contributed by atoms with Crippen LogP contribution in [0.4, 0.5) is 4.39 Å². The number of aromatic nitrogens is 5. The zero-order valence-corrected chi connectivity index (χ0v) is 20.9. The average molecular weight is 495 g/mol. The van der Waals surface area contributed by atoms with Crippen molar-refractivity contribution in [3.8, 4) is 5.75 Å². The summed E-state index contributed by atoms with van der Waals surface area (Å²) in [6, 6.07) is 13.6. The Morgan fingerprint density at radius 1 is 1.08 bits per heavy atom. The first-order chi connectivity index (χ1) is 17.4. The molecule has 0 aliphatic carbocycles. The highest BCUT2D eigenvalue weighted by atomic mass is 19.1. The van der Waals surface area contributed by atoms with Gasteiger partial charge in [0.2, 0.25) is 0 Å². The molecule has 4 rings (SSSR count). The molecule has 1 atom stereocenters. The number of tetrazole rings is 1. The van der Waals surface area contributed by atoms with Crippen molar-refractivity contribution < 1.29 is 13.9 Å². The largest absolute Gasteiger partial charge is 0.497 e. The molecule has 0 saturated heterocycles. The van der Waals surface area contributed by atoms with Crippen LogP contribution in [0, 0.1) is 11.7 Å². The zero-order chi connectivity index (χ0) is 25.7. The number of fused-ring (bicyclic) bond motifs is 1. The Hall–Kier alpha value is -3.63. The number of benzene rings is 2. The SMILES string of the molecule is COCCn1nnnc1C(C(C)C)N(Cc1ccc(F)cc1)Cc1cc2cc(OC)ccc2[nH]c1=O. The number of pyridine rings is 1. The van der Waals surface area contributed by atoms with Crippen LogP contribution in [0.25, 0.3) is 10.9 Å². The van der Waals surface area contributed by atoms with Gasteiger partial charge in [-0.25, -0.2) is 9.07 Å².